The fourth-order valence-corrected chi connectivity index (χ4v) is 0.772. The van der Waals surface area contributed by atoms with Gasteiger partial charge in [-0.2, -0.15) is 0 Å². The summed E-state index contributed by atoms with van der Waals surface area (Å²) in [6.07, 6.45) is 2.99. The van der Waals surface area contributed by atoms with Crippen molar-refractivity contribution >= 4 is 6.08 Å². The Labute approximate surface area is 70.8 Å². The van der Waals surface area contributed by atoms with Gasteiger partial charge in [0.15, 0.2) is 7.11 Å². The first-order valence-corrected chi connectivity index (χ1v) is 3.56. The zero-order valence-electron chi connectivity index (χ0n) is 6.81. The SMILES string of the molecule is CO[N+](=O)C=Cc1ccccc1. The Morgan fingerprint density at radius 3 is 2.58 bits per heavy atom. The maximum atomic E-state index is 10.6. The topological polar surface area (TPSA) is 29.3 Å². The predicted molar refractivity (Wildman–Crippen MR) is 46.1 cm³/mol. The summed E-state index contributed by atoms with van der Waals surface area (Å²) in [4.78, 5) is 15.4. The first-order valence-electron chi connectivity index (χ1n) is 3.56. The minimum absolute atomic E-state index is 0.396. The predicted octanol–water partition coefficient (Wildman–Crippen LogP) is 2.00. The Morgan fingerprint density at radius 2 is 2.00 bits per heavy atom. The molecule has 0 amide bonds. The van der Waals surface area contributed by atoms with Crippen LogP contribution in [0.3, 0.4) is 0 Å². The van der Waals surface area contributed by atoms with E-state index in [0.29, 0.717) is 4.92 Å². The van der Waals surface area contributed by atoms with Gasteiger partial charge in [0.05, 0.1) is 4.91 Å². The Balaban J connectivity index is 2.64. The third kappa shape index (κ3) is 2.54. The van der Waals surface area contributed by atoms with Gasteiger partial charge in [-0.05, 0) is 5.56 Å². The molecule has 0 spiro atoms. The van der Waals surface area contributed by atoms with E-state index in [4.69, 9.17) is 0 Å². The van der Waals surface area contributed by atoms with E-state index in [1.807, 2.05) is 30.3 Å². The lowest BCUT2D eigenvalue weighted by Crippen LogP contribution is -1.94. The molecule has 0 saturated heterocycles. The van der Waals surface area contributed by atoms with Crippen LogP contribution in [0.25, 0.3) is 6.08 Å². The average molecular weight is 164 g/mol. The van der Waals surface area contributed by atoms with Crippen LogP contribution in [-0.4, -0.2) is 12.0 Å². The van der Waals surface area contributed by atoms with Crippen LogP contribution in [-0.2, 0) is 4.84 Å². The van der Waals surface area contributed by atoms with Gasteiger partial charge in [-0.3, -0.25) is 0 Å². The molecule has 0 aromatic heterocycles. The Kier molecular flexibility index (Phi) is 3.02. The number of hydrogen-bond donors (Lipinski definition) is 0. The summed E-state index contributed by atoms with van der Waals surface area (Å²) in [5, 5.41) is 0. The molecule has 0 aliphatic rings. The van der Waals surface area contributed by atoms with Gasteiger partial charge >= 0.3 is 0 Å². The quantitative estimate of drug-likeness (QED) is 0.639. The normalized spacial score (nSPS) is 10.1. The minimum atomic E-state index is 0.396. The molecule has 0 atom stereocenters. The summed E-state index contributed by atoms with van der Waals surface area (Å²) < 4.78 is 0. The van der Waals surface area contributed by atoms with Crippen molar-refractivity contribution in [2.75, 3.05) is 7.11 Å². The summed E-state index contributed by atoms with van der Waals surface area (Å²) in [6, 6.07) is 9.53. The summed E-state index contributed by atoms with van der Waals surface area (Å²) in [5.74, 6) is 0. The third-order valence-corrected chi connectivity index (χ3v) is 1.37. The van der Waals surface area contributed by atoms with Crippen molar-refractivity contribution in [3.05, 3.63) is 47.0 Å². The van der Waals surface area contributed by atoms with E-state index in [1.54, 1.807) is 6.08 Å². The Bertz CT molecular complexity index is 280. The van der Waals surface area contributed by atoms with E-state index in [9.17, 15) is 4.91 Å². The molecule has 3 heteroatoms. The number of rotatable bonds is 3. The summed E-state index contributed by atoms with van der Waals surface area (Å²) in [7, 11) is 1.32. The molecular formula is C9H10NO2+. The molecular weight excluding hydrogens is 154 g/mol. The van der Waals surface area contributed by atoms with Crippen LogP contribution in [0.4, 0.5) is 0 Å². The van der Waals surface area contributed by atoms with Crippen molar-refractivity contribution in [2.45, 2.75) is 0 Å². The molecule has 1 aromatic carbocycles. The van der Waals surface area contributed by atoms with Gasteiger partial charge in [0.2, 0.25) is 0 Å². The smallest absolute Gasteiger partial charge is 0.231 e. The molecule has 0 radical (unpaired) electrons. The maximum absolute atomic E-state index is 10.6. The molecule has 0 bridgehead atoms. The second-order valence-corrected chi connectivity index (χ2v) is 2.19. The van der Waals surface area contributed by atoms with Gasteiger partial charge in [-0.15, -0.1) is 0 Å². The zero-order chi connectivity index (χ0) is 8.81. The molecule has 12 heavy (non-hydrogen) atoms. The van der Waals surface area contributed by atoms with Crippen LogP contribution < -0.4 is 0 Å². The number of nitrogens with zero attached hydrogens (tertiary/aromatic N) is 1. The highest BCUT2D eigenvalue weighted by molar-refractivity contribution is 5.47. The van der Waals surface area contributed by atoms with E-state index in [1.165, 1.54) is 13.3 Å². The van der Waals surface area contributed by atoms with Crippen molar-refractivity contribution in [2.24, 2.45) is 0 Å². The monoisotopic (exact) mass is 164 g/mol. The molecule has 0 fully saturated rings. The third-order valence-electron chi connectivity index (χ3n) is 1.37. The molecule has 1 rings (SSSR count). The molecule has 3 nitrogen and oxygen atoms in total. The molecule has 0 aliphatic heterocycles. The van der Waals surface area contributed by atoms with Crippen molar-refractivity contribution in [3.8, 4) is 0 Å². The van der Waals surface area contributed by atoms with Gasteiger partial charge in [0.25, 0.3) is 11.1 Å². The van der Waals surface area contributed by atoms with Crippen LogP contribution >= 0.6 is 0 Å². The average Bonchev–Trinajstić information content (AvgIpc) is 2.16. The Hall–Kier alpha value is -1.64. The highest BCUT2D eigenvalue weighted by Gasteiger charge is 1.97. The minimum Gasteiger partial charge on any atom is -0.231 e. The molecule has 0 aliphatic carbocycles. The van der Waals surface area contributed by atoms with Crippen molar-refractivity contribution in [1.29, 1.82) is 0 Å². The molecule has 0 unspecified atom stereocenters. The second kappa shape index (κ2) is 4.28. The van der Waals surface area contributed by atoms with Gasteiger partial charge in [0.1, 0.15) is 0 Å². The van der Waals surface area contributed by atoms with Gasteiger partial charge in [0, 0.05) is 6.08 Å². The lowest BCUT2D eigenvalue weighted by Gasteiger charge is -1.86. The standard InChI is InChI=1S/C9H10NO2/c1-12-10(11)8-7-9-5-3-2-4-6-9/h2-8H,1H3/q+1. The fourth-order valence-electron chi connectivity index (χ4n) is 0.772. The zero-order valence-corrected chi connectivity index (χ0v) is 6.81. The van der Waals surface area contributed by atoms with Crippen LogP contribution in [0, 0.1) is 4.91 Å². The second-order valence-electron chi connectivity index (χ2n) is 2.19. The van der Waals surface area contributed by atoms with Gasteiger partial charge < -0.3 is 0 Å². The van der Waals surface area contributed by atoms with Gasteiger partial charge in [-0.25, -0.2) is 4.84 Å². The maximum Gasteiger partial charge on any atom is 0.282 e. The Morgan fingerprint density at radius 1 is 1.33 bits per heavy atom. The summed E-state index contributed by atoms with van der Waals surface area (Å²) in [6.45, 7) is 0. The summed E-state index contributed by atoms with van der Waals surface area (Å²) in [5.41, 5.74) is 0.968. The number of benzene rings is 1. The number of hydrogen-bond acceptors (Lipinski definition) is 2. The van der Waals surface area contributed by atoms with Crippen LogP contribution in [0.2, 0.25) is 0 Å². The van der Waals surface area contributed by atoms with Crippen molar-refractivity contribution in [1.82, 2.24) is 0 Å². The van der Waals surface area contributed by atoms with E-state index in [-0.39, 0.29) is 0 Å². The largest absolute Gasteiger partial charge is 0.282 e. The molecule has 0 saturated carbocycles. The van der Waals surface area contributed by atoms with Crippen LogP contribution in [0.5, 0.6) is 0 Å². The molecule has 62 valence electrons. The lowest BCUT2D eigenvalue weighted by molar-refractivity contribution is -0.747. The molecule has 0 N–H and O–H groups in total. The molecule has 1 aromatic rings. The first-order chi connectivity index (χ1) is 5.83. The van der Waals surface area contributed by atoms with Crippen molar-refractivity contribution in [3.63, 3.8) is 0 Å². The van der Waals surface area contributed by atoms with E-state index in [0.717, 1.165) is 5.56 Å². The van der Waals surface area contributed by atoms with Gasteiger partial charge in [-0.1, -0.05) is 30.3 Å². The van der Waals surface area contributed by atoms with E-state index >= 15 is 0 Å². The highest BCUT2D eigenvalue weighted by Crippen LogP contribution is 2.00. The van der Waals surface area contributed by atoms with E-state index in [2.05, 4.69) is 4.84 Å². The first kappa shape index (κ1) is 8.46. The lowest BCUT2D eigenvalue weighted by atomic mass is 10.2. The fraction of sp³-hybridized carbons (Fsp3) is 0.111. The van der Waals surface area contributed by atoms with E-state index < -0.39 is 0 Å². The molecule has 0 heterocycles. The van der Waals surface area contributed by atoms with Crippen LogP contribution in [0.1, 0.15) is 5.56 Å². The van der Waals surface area contributed by atoms with Crippen LogP contribution in [0.15, 0.2) is 36.5 Å². The highest BCUT2D eigenvalue weighted by atomic mass is 16.7. The van der Waals surface area contributed by atoms with Crippen molar-refractivity contribution < 1.29 is 9.76 Å². The summed E-state index contributed by atoms with van der Waals surface area (Å²) >= 11 is 0.